The molecule has 0 radical (unpaired) electrons. The SMILES string of the molecule is CNc1ccc(S(=O)(=O)Nc2ccc(O)cc2)cc1. The summed E-state index contributed by atoms with van der Waals surface area (Å²) in [6.45, 7) is 0. The monoisotopic (exact) mass is 278 g/mol. The summed E-state index contributed by atoms with van der Waals surface area (Å²) in [4.78, 5) is 0.180. The molecular weight excluding hydrogens is 264 g/mol. The molecule has 0 spiro atoms. The van der Waals surface area contributed by atoms with Crippen LogP contribution in [-0.4, -0.2) is 20.6 Å². The Morgan fingerprint density at radius 2 is 1.42 bits per heavy atom. The van der Waals surface area contributed by atoms with Crippen molar-refractivity contribution in [1.82, 2.24) is 0 Å². The summed E-state index contributed by atoms with van der Waals surface area (Å²) in [5.41, 5.74) is 1.24. The van der Waals surface area contributed by atoms with Gasteiger partial charge in [-0.25, -0.2) is 8.42 Å². The fourth-order valence-corrected chi connectivity index (χ4v) is 2.60. The van der Waals surface area contributed by atoms with Crippen molar-refractivity contribution in [2.75, 3.05) is 17.1 Å². The summed E-state index contributed by atoms with van der Waals surface area (Å²) in [6.07, 6.45) is 0. The van der Waals surface area contributed by atoms with Gasteiger partial charge in [0.05, 0.1) is 4.90 Å². The Labute approximate surface area is 112 Å². The van der Waals surface area contributed by atoms with Crippen molar-refractivity contribution < 1.29 is 13.5 Å². The smallest absolute Gasteiger partial charge is 0.261 e. The van der Waals surface area contributed by atoms with Gasteiger partial charge in [-0.15, -0.1) is 0 Å². The van der Waals surface area contributed by atoms with Gasteiger partial charge in [-0.3, -0.25) is 4.72 Å². The fraction of sp³-hybridized carbons (Fsp3) is 0.0769. The van der Waals surface area contributed by atoms with E-state index in [1.165, 1.54) is 36.4 Å². The number of hydrogen-bond donors (Lipinski definition) is 3. The number of aromatic hydroxyl groups is 1. The first-order valence-electron chi connectivity index (χ1n) is 5.61. The number of hydrogen-bond acceptors (Lipinski definition) is 4. The van der Waals surface area contributed by atoms with E-state index < -0.39 is 10.0 Å². The topological polar surface area (TPSA) is 78.4 Å². The van der Waals surface area contributed by atoms with Gasteiger partial charge in [0, 0.05) is 18.4 Å². The lowest BCUT2D eigenvalue weighted by Crippen LogP contribution is -2.12. The summed E-state index contributed by atoms with van der Waals surface area (Å²) in [7, 11) is -1.85. The largest absolute Gasteiger partial charge is 0.508 e. The normalized spacial score (nSPS) is 11.0. The molecule has 0 aliphatic rings. The molecule has 5 nitrogen and oxygen atoms in total. The summed E-state index contributed by atoms with van der Waals surface area (Å²) in [6, 6.07) is 12.2. The molecule has 0 heterocycles. The Bertz CT molecular complexity index is 649. The second-order valence-corrected chi connectivity index (χ2v) is 5.61. The Balaban J connectivity index is 2.24. The number of anilines is 2. The first-order chi connectivity index (χ1) is 9.01. The van der Waals surface area contributed by atoms with Crippen molar-refractivity contribution in [1.29, 1.82) is 0 Å². The molecule has 2 aromatic rings. The maximum Gasteiger partial charge on any atom is 0.261 e. The number of nitrogens with one attached hydrogen (secondary N) is 2. The van der Waals surface area contributed by atoms with Crippen LogP contribution in [0.25, 0.3) is 0 Å². The highest BCUT2D eigenvalue weighted by Gasteiger charge is 2.13. The third-order valence-electron chi connectivity index (χ3n) is 2.57. The predicted molar refractivity (Wildman–Crippen MR) is 74.9 cm³/mol. The molecule has 0 saturated heterocycles. The highest BCUT2D eigenvalue weighted by atomic mass is 32.2. The summed E-state index contributed by atoms with van der Waals surface area (Å²) in [5.74, 6) is 0.0846. The van der Waals surface area contributed by atoms with Gasteiger partial charge in [0.2, 0.25) is 0 Å². The highest BCUT2D eigenvalue weighted by Crippen LogP contribution is 2.19. The molecule has 0 saturated carbocycles. The second kappa shape index (κ2) is 5.19. The number of sulfonamides is 1. The summed E-state index contributed by atoms with van der Waals surface area (Å²) < 4.78 is 26.6. The zero-order valence-corrected chi connectivity index (χ0v) is 11.1. The molecule has 2 aromatic carbocycles. The minimum atomic E-state index is -3.61. The predicted octanol–water partition coefficient (Wildman–Crippen LogP) is 2.23. The number of rotatable bonds is 4. The van der Waals surface area contributed by atoms with E-state index in [1.807, 2.05) is 0 Å². The van der Waals surface area contributed by atoms with Crippen molar-refractivity contribution in [3.63, 3.8) is 0 Å². The van der Waals surface area contributed by atoms with Crippen molar-refractivity contribution >= 4 is 21.4 Å². The van der Waals surface area contributed by atoms with Gasteiger partial charge < -0.3 is 10.4 Å². The van der Waals surface area contributed by atoms with Gasteiger partial charge in [0.15, 0.2) is 0 Å². The van der Waals surface area contributed by atoms with Gasteiger partial charge in [-0.1, -0.05) is 0 Å². The van der Waals surface area contributed by atoms with Crippen LogP contribution in [0.2, 0.25) is 0 Å². The molecule has 6 heteroatoms. The van der Waals surface area contributed by atoms with Crippen LogP contribution in [0.15, 0.2) is 53.4 Å². The van der Waals surface area contributed by atoms with Gasteiger partial charge in [-0.2, -0.15) is 0 Å². The number of phenolic OH excluding ortho intramolecular Hbond substituents is 1. The zero-order chi connectivity index (χ0) is 13.9. The molecule has 100 valence electrons. The van der Waals surface area contributed by atoms with Crippen LogP contribution in [-0.2, 0) is 10.0 Å². The van der Waals surface area contributed by atoms with Crippen LogP contribution in [0.1, 0.15) is 0 Å². The summed E-state index contributed by atoms with van der Waals surface area (Å²) in [5, 5.41) is 12.1. The zero-order valence-electron chi connectivity index (χ0n) is 10.3. The van der Waals surface area contributed by atoms with Crippen LogP contribution in [0, 0.1) is 0 Å². The molecule has 0 fully saturated rings. The van der Waals surface area contributed by atoms with Gasteiger partial charge >= 0.3 is 0 Å². The molecule has 0 bridgehead atoms. The lowest BCUT2D eigenvalue weighted by molar-refractivity contribution is 0.475. The van der Waals surface area contributed by atoms with Gasteiger partial charge in [0.25, 0.3) is 10.0 Å². The number of benzene rings is 2. The minimum absolute atomic E-state index is 0.0846. The van der Waals surface area contributed by atoms with Crippen molar-refractivity contribution in [2.24, 2.45) is 0 Å². The van der Waals surface area contributed by atoms with E-state index >= 15 is 0 Å². The van der Waals surface area contributed by atoms with E-state index in [0.717, 1.165) is 5.69 Å². The summed E-state index contributed by atoms with van der Waals surface area (Å²) >= 11 is 0. The average molecular weight is 278 g/mol. The first-order valence-corrected chi connectivity index (χ1v) is 7.09. The quantitative estimate of drug-likeness (QED) is 0.749. The Morgan fingerprint density at radius 3 is 1.95 bits per heavy atom. The van der Waals surface area contributed by atoms with E-state index in [-0.39, 0.29) is 10.6 Å². The van der Waals surface area contributed by atoms with E-state index in [2.05, 4.69) is 10.0 Å². The Kier molecular flexibility index (Phi) is 3.62. The van der Waals surface area contributed by atoms with Gasteiger partial charge in [0.1, 0.15) is 5.75 Å². The third kappa shape index (κ3) is 3.17. The van der Waals surface area contributed by atoms with E-state index in [1.54, 1.807) is 19.2 Å². The highest BCUT2D eigenvalue weighted by molar-refractivity contribution is 7.92. The Hall–Kier alpha value is -2.21. The fourth-order valence-electron chi connectivity index (χ4n) is 1.54. The van der Waals surface area contributed by atoms with Crippen LogP contribution < -0.4 is 10.0 Å². The first kappa shape index (κ1) is 13.2. The molecule has 2 rings (SSSR count). The molecule has 0 amide bonds. The maximum atomic E-state index is 12.1. The van der Waals surface area contributed by atoms with Crippen molar-refractivity contribution in [2.45, 2.75) is 4.90 Å². The molecule has 0 aliphatic heterocycles. The van der Waals surface area contributed by atoms with Crippen LogP contribution >= 0.6 is 0 Å². The van der Waals surface area contributed by atoms with Crippen LogP contribution in [0.5, 0.6) is 5.75 Å². The van der Waals surface area contributed by atoms with Crippen LogP contribution in [0.4, 0.5) is 11.4 Å². The molecule has 0 atom stereocenters. The lowest BCUT2D eigenvalue weighted by Gasteiger charge is -2.08. The minimum Gasteiger partial charge on any atom is -0.508 e. The average Bonchev–Trinajstić information content (AvgIpc) is 2.41. The molecular formula is C13H14N2O3S. The number of phenols is 1. The maximum absolute atomic E-state index is 12.1. The van der Waals surface area contributed by atoms with Gasteiger partial charge in [-0.05, 0) is 48.5 Å². The molecule has 19 heavy (non-hydrogen) atoms. The van der Waals surface area contributed by atoms with Crippen LogP contribution in [0.3, 0.4) is 0 Å². The lowest BCUT2D eigenvalue weighted by atomic mass is 10.3. The molecule has 0 unspecified atom stereocenters. The standard InChI is InChI=1S/C13H14N2O3S/c1-14-10-4-8-13(9-5-10)19(17,18)15-11-2-6-12(16)7-3-11/h2-9,14-16H,1H3. The van der Waals surface area contributed by atoms with Crippen molar-refractivity contribution in [3.8, 4) is 5.75 Å². The molecule has 0 aliphatic carbocycles. The Morgan fingerprint density at radius 1 is 0.895 bits per heavy atom. The third-order valence-corrected chi connectivity index (χ3v) is 3.97. The van der Waals surface area contributed by atoms with Crippen molar-refractivity contribution in [3.05, 3.63) is 48.5 Å². The van der Waals surface area contributed by atoms with E-state index in [4.69, 9.17) is 5.11 Å². The molecule has 0 aromatic heterocycles. The van der Waals surface area contributed by atoms with E-state index in [0.29, 0.717) is 5.69 Å². The molecule has 3 N–H and O–H groups in total. The second-order valence-electron chi connectivity index (χ2n) is 3.93. The van der Waals surface area contributed by atoms with E-state index in [9.17, 15) is 8.42 Å².